The van der Waals surface area contributed by atoms with Crippen LogP contribution in [0.25, 0.3) is 10.8 Å². The molecule has 0 amide bonds. The van der Waals surface area contributed by atoms with Crippen LogP contribution < -0.4 is 5.32 Å². The predicted molar refractivity (Wildman–Crippen MR) is 64.6 cm³/mol. The predicted octanol–water partition coefficient (Wildman–Crippen LogP) is 2.76. The second-order valence-corrected chi connectivity index (χ2v) is 4.39. The van der Waals surface area contributed by atoms with Gasteiger partial charge in [-0.25, -0.2) is 4.98 Å². The quantitative estimate of drug-likeness (QED) is 0.825. The number of hydrogen-bond acceptors (Lipinski definition) is 3. The molecule has 3 nitrogen and oxygen atoms in total. The zero-order valence-corrected chi connectivity index (χ0v) is 8.98. The number of anilines is 1. The molecule has 3 rings (SSSR count). The van der Waals surface area contributed by atoms with Crippen LogP contribution in [0.5, 0.6) is 5.75 Å². The zero-order chi connectivity index (χ0) is 11.0. The molecule has 0 bridgehead atoms. The largest absolute Gasteiger partial charge is 0.508 e. The molecule has 3 heteroatoms. The van der Waals surface area contributed by atoms with E-state index in [2.05, 4.69) is 10.3 Å². The number of nitrogens with one attached hydrogen (secondary N) is 1. The summed E-state index contributed by atoms with van der Waals surface area (Å²) in [7, 11) is 0. The fourth-order valence-electron chi connectivity index (χ4n) is 1.86. The molecule has 0 unspecified atom stereocenters. The van der Waals surface area contributed by atoms with E-state index < -0.39 is 0 Å². The standard InChI is InChI=1S/C13H14N2O/c16-11-4-3-10-5-6-14-13(12(10)7-11)15-8-9-1-2-9/h3-7,9,16H,1-2,8H2,(H,14,15). The Kier molecular flexibility index (Phi) is 2.17. The maximum absolute atomic E-state index is 9.49. The number of hydrogen-bond donors (Lipinski definition) is 2. The average molecular weight is 214 g/mol. The second-order valence-electron chi connectivity index (χ2n) is 4.39. The highest BCUT2D eigenvalue weighted by molar-refractivity contribution is 5.92. The molecule has 2 N–H and O–H groups in total. The first-order valence-corrected chi connectivity index (χ1v) is 5.64. The van der Waals surface area contributed by atoms with Crippen molar-refractivity contribution in [2.45, 2.75) is 12.8 Å². The molecule has 1 fully saturated rings. The van der Waals surface area contributed by atoms with Gasteiger partial charge in [-0.1, -0.05) is 6.07 Å². The summed E-state index contributed by atoms with van der Waals surface area (Å²) in [6.45, 7) is 0.988. The lowest BCUT2D eigenvalue weighted by Gasteiger charge is -2.08. The van der Waals surface area contributed by atoms with E-state index in [4.69, 9.17) is 0 Å². The highest BCUT2D eigenvalue weighted by Gasteiger charge is 2.21. The Morgan fingerprint density at radius 2 is 2.19 bits per heavy atom. The van der Waals surface area contributed by atoms with Gasteiger partial charge in [0.05, 0.1) is 0 Å². The van der Waals surface area contributed by atoms with Gasteiger partial charge in [0.2, 0.25) is 0 Å². The number of aromatic hydroxyl groups is 1. The summed E-state index contributed by atoms with van der Waals surface area (Å²) >= 11 is 0. The molecule has 0 radical (unpaired) electrons. The summed E-state index contributed by atoms with van der Waals surface area (Å²) in [6, 6.07) is 7.33. The molecular weight excluding hydrogens is 200 g/mol. The van der Waals surface area contributed by atoms with E-state index in [-0.39, 0.29) is 5.75 Å². The second kappa shape index (κ2) is 3.67. The third-order valence-corrected chi connectivity index (χ3v) is 3.00. The van der Waals surface area contributed by atoms with Gasteiger partial charge in [0, 0.05) is 18.1 Å². The number of rotatable bonds is 3. The van der Waals surface area contributed by atoms with Gasteiger partial charge in [0.1, 0.15) is 11.6 Å². The van der Waals surface area contributed by atoms with Gasteiger partial charge in [-0.05, 0) is 42.3 Å². The first kappa shape index (κ1) is 9.46. The molecule has 1 aromatic carbocycles. The summed E-state index contributed by atoms with van der Waals surface area (Å²) < 4.78 is 0. The van der Waals surface area contributed by atoms with E-state index >= 15 is 0 Å². The normalized spacial score (nSPS) is 15.2. The van der Waals surface area contributed by atoms with Crippen molar-refractivity contribution in [3.05, 3.63) is 30.5 Å². The smallest absolute Gasteiger partial charge is 0.133 e. The number of aromatic nitrogens is 1. The van der Waals surface area contributed by atoms with E-state index in [9.17, 15) is 5.11 Å². The van der Waals surface area contributed by atoms with Gasteiger partial charge < -0.3 is 10.4 Å². The lowest BCUT2D eigenvalue weighted by Crippen LogP contribution is -2.05. The molecule has 0 saturated heterocycles. The topological polar surface area (TPSA) is 45.2 Å². The molecular formula is C13H14N2O. The molecule has 2 aromatic rings. The van der Waals surface area contributed by atoms with Gasteiger partial charge in [0.15, 0.2) is 0 Å². The minimum atomic E-state index is 0.287. The number of phenols is 1. The number of phenolic OH excluding ortho intramolecular Hbond substituents is 1. The van der Waals surface area contributed by atoms with Crippen molar-refractivity contribution in [3.8, 4) is 5.75 Å². The molecule has 0 aliphatic heterocycles. The first-order chi connectivity index (χ1) is 7.83. The van der Waals surface area contributed by atoms with Crippen LogP contribution in [0.2, 0.25) is 0 Å². The van der Waals surface area contributed by atoms with Crippen LogP contribution in [0.1, 0.15) is 12.8 Å². The van der Waals surface area contributed by atoms with Crippen LogP contribution in [0, 0.1) is 5.92 Å². The van der Waals surface area contributed by atoms with Crippen LogP contribution in [-0.4, -0.2) is 16.6 Å². The van der Waals surface area contributed by atoms with E-state index in [1.165, 1.54) is 12.8 Å². The van der Waals surface area contributed by atoms with Crippen LogP contribution in [0.4, 0.5) is 5.82 Å². The molecule has 1 aromatic heterocycles. The lowest BCUT2D eigenvalue weighted by molar-refractivity contribution is 0.476. The van der Waals surface area contributed by atoms with Crippen LogP contribution in [0.15, 0.2) is 30.5 Å². The molecule has 16 heavy (non-hydrogen) atoms. The van der Waals surface area contributed by atoms with Crippen molar-refractivity contribution in [1.82, 2.24) is 4.98 Å². The maximum Gasteiger partial charge on any atom is 0.133 e. The van der Waals surface area contributed by atoms with Gasteiger partial charge >= 0.3 is 0 Å². The summed E-state index contributed by atoms with van der Waals surface area (Å²) in [5.41, 5.74) is 0. The van der Waals surface area contributed by atoms with Crippen LogP contribution in [-0.2, 0) is 0 Å². The highest BCUT2D eigenvalue weighted by atomic mass is 16.3. The Morgan fingerprint density at radius 3 is 3.00 bits per heavy atom. The Bertz CT molecular complexity index is 520. The van der Waals surface area contributed by atoms with Gasteiger partial charge in [0.25, 0.3) is 0 Å². The molecule has 1 aliphatic rings. The molecule has 1 aliphatic carbocycles. The van der Waals surface area contributed by atoms with Crippen molar-refractivity contribution in [1.29, 1.82) is 0 Å². The third-order valence-electron chi connectivity index (χ3n) is 3.00. The van der Waals surface area contributed by atoms with Crippen molar-refractivity contribution >= 4 is 16.6 Å². The molecule has 1 heterocycles. The third kappa shape index (κ3) is 1.81. The maximum atomic E-state index is 9.49. The molecule has 1 saturated carbocycles. The minimum absolute atomic E-state index is 0.287. The molecule has 0 spiro atoms. The highest BCUT2D eigenvalue weighted by Crippen LogP contribution is 2.30. The number of fused-ring (bicyclic) bond motifs is 1. The fraction of sp³-hybridized carbons (Fsp3) is 0.308. The van der Waals surface area contributed by atoms with Crippen molar-refractivity contribution in [3.63, 3.8) is 0 Å². The van der Waals surface area contributed by atoms with Gasteiger partial charge in [-0.15, -0.1) is 0 Å². The zero-order valence-electron chi connectivity index (χ0n) is 8.98. The Balaban J connectivity index is 1.97. The average Bonchev–Trinajstić information content (AvgIpc) is 3.10. The number of nitrogens with zero attached hydrogens (tertiary/aromatic N) is 1. The van der Waals surface area contributed by atoms with Crippen LogP contribution >= 0.6 is 0 Å². The number of benzene rings is 1. The van der Waals surface area contributed by atoms with E-state index in [0.29, 0.717) is 0 Å². The van der Waals surface area contributed by atoms with Gasteiger partial charge in [-0.3, -0.25) is 0 Å². The van der Waals surface area contributed by atoms with Crippen LogP contribution in [0.3, 0.4) is 0 Å². The van der Waals surface area contributed by atoms with Crippen molar-refractivity contribution in [2.24, 2.45) is 5.92 Å². The number of pyridine rings is 1. The SMILES string of the molecule is Oc1ccc2ccnc(NCC3CC3)c2c1. The first-order valence-electron chi connectivity index (χ1n) is 5.64. The van der Waals surface area contributed by atoms with Crippen molar-refractivity contribution in [2.75, 3.05) is 11.9 Å². The monoisotopic (exact) mass is 214 g/mol. The van der Waals surface area contributed by atoms with E-state index in [0.717, 1.165) is 29.1 Å². The van der Waals surface area contributed by atoms with Crippen molar-refractivity contribution < 1.29 is 5.11 Å². The Morgan fingerprint density at radius 1 is 1.31 bits per heavy atom. The van der Waals surface area contributed by atoms with E-state index in [1.54, 1.807) is 18.3 Å². The summed E-state index contributed by atoms with van der Waals surface area (Å²) in [5, 5.41) is 14.9. The summed E-state index contributed by atoms with van der Waals surface area (Å²) in [5.74, 6) is 1.98. The summed E-state index contributed by atoms with van der Waals surface area (Å²) in [4.78, 5) is 4.33. The van der Waals surface area contributed by atoms with E-state index in [1.807, 2.05) is 12.1 Å². The molecule has 0 atom stereocenters. The summed E-state index contributed by atoms with van der Waals surface area (Å²) in [6.07, 6.45) is 4.45. The fourth-order valence-corrected chi connectivity index (χ4v) is 1.86. The minimum Gasteiger partial charge on any atom is -0.508 e. The Hall–Kier alpha value is -1.77. The van der Waals surface area contributed by atoms with Gasteiger partial charge in [-0.2, -0.15) is 0 Å². The Labute approximate surface area is 94.1 Å². The lowest BCUT2D eigenvalue weighted by atomic mass is 10.1. The molecule has 82 valence electrons.